The van der Waals surface area contributed by atoms with E-state index in [1.165, 1.54) is 0 Å². The van der Waals surface area contributed by atoms with Gasteiger partial charge in [-0.3, -0.25) is 0 Å². The average Bonchev–Trinajstić information content (AvgIpc) is 2.70. The van der Waals surface area contributed by atoms with E-state index in [4.69, 9.17) is 5.11 Å². The number of rotatable bonds is 2. The van der Waals surface area contributed by atoms with E-state index in [9.17, 15) is 4.79 Å². The van der Waals surface area contributed by atoms with Crippen LogP contribution in [0, 0.1) is 6.92 Å². The highest BCUT2D eigenvalue weighted by Gasteiger charge is 2.13. The van der Waals surface area contributed by atoms with E-state index in [1.807, 2.05) is 30.5 Å². The molecule has 1 N–H and O–H groups in total. The monoisotopic (exact) mass is 218 g/mol. The Morgan fingerprint density at radius 2 is 2.07 bits per heavy atom. The van der Waals surface area contributed by atoms with E-state index in [0.717, 1.165) is 16.0 Å². The van der Waals surface area contributed by atoms with Gasteiger partial charge < -0.3 is 5.11 Å². The molecule has 0 saturated heterocycles. The minimum absolute atomic E-state index is 0.373. The first kappa shape index (κ1) is 9.93. The minimum atomic E-state index is -0.873. The molecular formula is C12H10O2S. The number of hydrogen-bond acceptors (Lipinski definition) is 2. The van der Waals surface area contributed by atoms with Gasteiger partial charge in [0.25, 0.3) is 0 Å². The van der Waals surface area contributed by atoms with Gasteiger partial charge in [-0.1, -0.05) is 18.2 Å². The molecule has 0 radical (unpaired) electrons. The first-order chi connectivity index (χ1) is 7.20. The maximum absolute atomic E-state index is 11.1. The van der Waals surface area contributed by atoms with Crippen LogP contribution < -0.4 is 0 Å². The topological polar surface area (TPSA) is 37.3 Å². The summed E-state index contributed by atoms with van der Waals surface area (Å²) >= 11 is 1.56. The predicted molar refractivity (Wildman–Crippen MR) is 61.5 cm³/mol. The summed E-state index contributed by atoms with van der Waals surface area (Å²) in [4.78, 5) is 12.1. The molecular weight excluding hydrogens is 208 g/mol. The Kier molecular flexibility index (Phi) is 2.56. The lowest BCUT2D eigenvalue weighted by molar-refractivity contribution is 0.0697. The first-order valence-electron chi connectivity index (χ1n) is 4.57. The highest BCUT2D eigenvalue weighted by atomic mass is 32.1. The third-order valence-corrected chi connectivity index (χ3v) is 3.16. The SMILES string of the molecule is Cc1cccc(C(=O)O)c1-c1cccs1. The fraction of sp³-hybridized carbons (Fsp3) is 0.0833. The molecule has 0 aliphatic heterocycles. The smallest absolute Gasteiger partial charge is 0.336 e. The van der Waals surface area contributed by atoms with Gasteiger partial charge in [-0.2, -0.15) is 0 Å². The summed E-state index contributed by atoms with van der Waals surface area (Å²) in [5, 5.41) is 11.0. The van der Waals surface area contributed by atoms with Crippen molar-refractivity contribution in [3.63, 3.8) is 0 Å². The molecule has 2 nitrogen and oxygen atoms in total. The Labute approximate surface area is 91.8 Å². The van der Waals surface area contributed by atoms with Crippen LogP contribution in [0.4, 0.5) is 0 Å². The van der Waals surface area contributed by atoms with Crippen molar-refractivity contribution < 1.29 is 9.90 Å². The van der Waals surface area contributed by atoms with Gasteiger partial charge in [-0.25, -0.2) is 4.79 Å². The molecule has 0 bridgehead atoms. The van der Waals surface area contributed by atoms with Crippen LogP contribution in [0.3, 0.4) is 0 Å². The molecule has 1 aromatic carbocycles. The van der Waals surface area contributed by atoms with Gasteiger partial charge in [0.15, 0.2) is 0 Å². The van der Waals surface area contributed by atoms with E-state index < -0.39 is 5.97 Å². The molecule has 0 fully saturated rings. The van der Waals surface area contributed by atoms with Crippen LogP contribution in [0.1, 0.15) is 15.9 Å². The number of aryl methyl sites for hydroxylation is 1. The van der Waals surface area contributed by atoms with Crippen LogP contribution in [-0.4, -0.2) is 11.1 Å². The normalized spacial score (nSPS) is 10.2. The third-order valence-electron chi connectivity index (χ3n) is 2.27. The zero-order chi connectivity index (χ0) is 10.8. The Bertz CT molecular complexity index is 486. The van der Waals surface area contributed by atoms with E-state index in [1.54, 1.807) is 23.5 Å². The van der Waals surface area contributed by atoms with Gasteiger partial charge in [-0.15, -0.1) is 11.3 Å². The predicted octanol–water partition coefficient (Wildman–Crippen LogP) is 3.42. The first-order valence-corrected chi connectivity index (χ1v) is 5.45. The molecule has 1 heterocycles. The van der Waals surface area contributed by atoms with Crippen molar-refractivity contribution in [3.8, 4) is 10.4 Å². The van der Waals surface area contributed by atoms with Crippen LogP contribution in [0.2, 0.25) is 0 Å². The molecule has 0 aliphatic carbocycles. The Hall–Kier alpha value is -1.61. The fourth-order valence-corrected chi connectivity index (χ4v) is 2.44. The highest BCUT2D eigenvalue weighted by Crippen LogP contribution is 2.31. The van der Waals surface area contributed by atoms with Gasteiger partial charge in [0.05, 0.1) is 5.56 Å². The highest BCUT2D eigenvalue weighted by molar-refractivity contribution is 7.13. The number of hydrogen-bond donors (Lipinski definition) is 1. The van der Waals surface area contributed by atoms with Crippen LogP contribution in [0.25, 0.3) is 10.4 Å². The van der Waals surface area contributed by atoms with Gasteiger partial charge in [0.1, 0.15) is 0 Å². The Morgan fingerprint density at radius 1 is 1.27 bits per heavy atom. The minimum Gasteiger partial charge on any atom is -0.478 e. The molecule has 3 heteroatoms. The molecule has 0 aliphatic rings. The van der Waals surface area contributed by atoms with E-state index in [0.29, 0.717) is 5.56 Å². The molecule has 1 aromatic heterocycles. The van der Waals surface area contributed by atoms with Crippen LogP contribution in [0.5, 0.6) is 0 Å². The second kappa shape index (κ2) is 3.87. The number of thiophene rings is 1. The molecule has 2 rings (SSSR count). The largest absolute Gasteiger partial charge is 0.478 e. The van der Waals surface area contributed by atoms with Crippen LogP contribution >= 0.6 is 11.3 Å². The molecule has 76 valence electrons. The number of carbonyl (C=O) groups is 1. The Morgan fingerprint density at radius 3 is 2.67 bits per heavy atom. The summed E-state index contributed by atoms with van der Waals surface area (Å²) in [5.41, 5.74) is 2.20. The van der Waals surface area contributed by atoms with Crippen molar-refractivity contribution in [1.82, 2.24) is 0 Å². The summed E-state index contributed by atoms with van der Waals surface area (Å²) in [6.45, 7) is 1.93. The summed E-state index contributed by atoms with van der Waals surface area (Å²) in [5.74, 6) is -0.873. The number of carboxylic acids is 1. The summed E-state index contributed by atoms with van der Waals surface area (Å²) in [6.07, 6.45) is 0. The van der Waals surface area contributed by atoms with Crippen molar-refractivity contribution in [2.75, 3.05) is 0 Å². The fourth-order valence-electron chi connectivity index (χ4n) is 1.59. The molecule has 0 spiro atoms. The molecule has 0 amide bonds. The van der Waals surface area contributed by atoms with Crippen LogP contribution in [0.15, 0.2) is 35.7 Å². The number of benzene rings is 1. The molecule has 0 saturated carbocycles. The van der Waals surface area contributed by atoms with Gasteiger partial charge in [-0.05, 0) is 30.0 Å². The summed E-state index contributed by atoms with van der Waals surface area (Å²) < 4.78 is 0. The van der Waals surface area contributed by atoms with Gasteiger partial charge in [0.2, 0.25) is 0 Å². The Balaban J connectivity index is 2.68. The van der Waals surface area contributed by atoms with Crippen molar-refractivity contribution in [3.05, 3.63) is 46.8 Å². The summed E-state index contributed by atoms with van der Waals surface area (Å²) in [7, 11) is 0. The number of aromatic carboxylic acids is 1. The van der Waals surface area contributed by atoms with Gasteiger partial charge in [0, 0.05) is 10.4 Å². The van der Waals surface area contributed by atoms with E-state index in [2.05, 4.69) is 0 Å². The second-order valence-corrected chi connectivity index (χ2v) is 4.23. The lowest BCUT2D eigenvalue weighted by atomic mass is 10.0. The molecule has 15 heavy (non-hydrogen) atoms. The second-order valence-electron chi connectivity index (χ2n) is 3.28. The van der Waals surface area contributed by atoms with Crippen molar-refractivity contribution in [2.45, 2.75) is 6.92 Å². The van der Waals surface area contributed by atoms with E-state index >= 15 is 0 Å². The zero-order valence-corrected chi connectivity index (χ0v) is 9.04. The lowest BCUT2D eigenvalue weighted by Crippen LogP contribution is -2.00. The van der Waals surface area contributed by atoms with Crippen molar-refractivity contribution in [2.24, 2.45) is 0 Å². The standard InChI is InChI=1S/C12H10O2S/c1-8-4-2-5-9(12(13)14)11(8)10-6-3-7-15-10/h2-7H,1H3,(H,13,14). The zero-order valence-electron chi connectivity index (χ0n) is 8.23. The van der Waals surface area contributed by atoms with Crippen molar-refractivity contribution in [1.29, 1.82) is 0 Å². The molecule has 0 atom stereocenters. The molecule has 2 aromatic rings. The molecule has 0 unspecified atom stereocenters. The van der Waals surface area contributed by atoms with E-state index in [-0.39, 0.29) is 0 Å². The van der Waals surface area contributed by atoms with Crippen LogP contribution in [-0.2, 0) is 0 Å². The maximum atomic E-state index is 11.1. The number of carboxylic acid groups (broad SMARTS) is 1. The van der Waals surface area contributed by atoms with Crippen molar-refractivity contribution >= 4 is 17.3 Å². The summed E-state index contributed by atoms with van der Waals surface area (Å²) in [6, 6.07) is 9.22. The lowest BCUT2D eigenvalue weighted by Gasteiger charge is -2.07. The van der Waals surface area contributed by atoms with Gasteiger partial charge >= 0.3 is 5.97 Å². The third kappa shape index (κ3) is 1.78. The quantitative estimate of drug-likeness (QED) is 0.838. The maximum Gasteiger partial charge on any atom is 0.336 e. The average molecular weight is 218 g/mol.